The van der Waals surface area contributed by atoms with Gasteiger partial charge in [-0.25, -0.2) is 0 Å². The van der Waals surface area contributed by atoms with Crippen LogP contribution in [-0.4, -0.2) is 23.8 Å². The molecular weight excluding hydrogens is 202 g/mol. The molecule has 0 spiro atoms. The molecule has 0 bridgehead atoms. The molecule has 2 atom stereocenters. The number of hydrogen-bond acceptors (Lipinski definition) is 2. The number of nitrogens with zero attached hydrogens (tertiary/aromatic N) is 1. The van der Waals surface area contributed by atoms with E-state index in [1.165, 1.54) is 4.90 Å². The van der Waals surface area contributed by atoms with Gasteiger partial charge in [-0.2, -0.15) is 0 Å². The van der Waals surface area contributed by atoms with E-state index in [1.54, 1.807) is 7.05 Å². The molecule has 1 saturated heterocycles. The lowest BCUT2D eigenvalue weighted by Gasteiger charge is -2.38. The minimum Gasteiger partial charge on any atom is -0.281 e. The zero-order valence-electron chi connectivity index (χ0n) is 8.88. The summed E-state index contributed by atoms with van der Waals surface area (Å²) in [4.78, 5) is 25.2. The van der Waals surface area contributed by atoms with E-state index in [1.807, 2.05) is 36.5 Å². The second kappa shape index (κ2) is 3.04. The quantitative estimate of drug-likeness (QED) is 0.567. The first kappa shape index (κ1) is 9.33. The molecule has 0 aromatic carbocycles. The van der Waals surface area contributed by atoms with E-state index in [9.17, 15) is 9.59 Å². The second-order valence-corrected chi connectivity index (χ2v) is 4.24. The number of piperidine rings is 1. The Balaban J connectivity index is 2.18. The fraction of sp³-hybridized carbons (Fsp3) is 0.231. The Morgan fingerprint density at radius 3 is 2.81 bits per heavy atom. The molecule has 3 aliphatic rings. The van der Waals surface area contributed by atoms with Crippen LogP contribution in [0.15, 0.2) is 47.6 Å². The summed E-state index contributed by atoms with van der Waals surface area (Å²) in [5, 5.41) is 0. The van der Waals surface area contributed by atoms with Gasteiger partial charge in [-0.05, 0) is 5.57 Å². The van der Waals surface area contributed by atoms with Crippen molar-refractivity contribution in [3.8, 4) is 0 Å². The molecule has 1 aliphatic heterocycles. The highest BCUT2D eigenvalue weighted by Gasteiger charge is 2.44. The Morgan fingerprint density at radius 2 is 2.00 bits per heavy atom. The van der Waals surface area contributed by atoms with Crippen molar-refractivity contribution in [2.45, 2.75) is 0 Å². The normalized spacial score (nSPS) is 31.2. The number of likely N-dealkylation sites (tertiary alicyclic amines) is 1. The highest BCUT2D eigenvalue weighted by Crippen LogP contribution is 2.40. The van der Waals surface area contributed by atoms with Crippen molar-refractivity contribution in [2.75, 3.05) is 7.05 Å². The van der Waals surface area contributed by atoms with Crippen molar-refractivity contribution < 1.29 is 9.59 Å². The Labute approximate surface area is 93.4 Å². The molecule has 0 N–H and O–H groups in total. The highest BCUT2D eigenvalue weighted by molar-refractivity contribution is 6.10. The molecule has 3 nitrogen and oxygen atoms in total. The average Bonchev–Trinajstić information content (AvgIpc) is 2.33. The lowest BCUT2D eigenvalue weighted by Crippen LogP contribution is -2.49. The number of likely N-dealkylation sites (N-methyl/N-ethyl adjacent to an activating group) is 1. The van der Waals surface area contributed by atoms with Crippen LogP contribution in [0.2, 0.25) is 0 Å². The van der Waals surface area contributed by atoms with E-state index in [0.717, 1.165) is 11.1 Å². The van der Waals surface area contributed by atoms with E-state index >= 15 is 0 Å². The van der Waals surface area contributed by atoms with Gasteiger partial charge in [-0.15, -0.1) is 0 Å². The van der Waals surface area contributed by atoms with E-state index in [-0.39, 0.29) is 23.7 Å². The number of allylic oxidation sites excluding steroid dienone is 6. The molecule has 3 rings (SSSR count). The summed E-state index contributed by atoms with van der Waals surface area (Å²) < 4.78 is 0. The Morgan fingerprint density at radius 1 is 1.19 bits per heavy atom. The van der Waals surface area contributed by atoms with Crippen LogP contribution in [0.1, 0.15) is 0 Å². The number of amides is 2. The lowest BCUT2D eigenvalue weighted by atomic mass is 9.72. The second-order valence-electron chi connectivity index (χ2n) is 4.24. The van der Waals surface area contributed by atoms with Gasteiger partial charge in [-0.3, -0.25) is 14.5 Å². The van der Waals surface area contributed by atoms with Crippen LogP contribution in [0.3, 0.4) is 0 Å². The molecule has 2 aliphatic carbocycles. The molecule has 0 aromatic rings. The van der Waals surface area contributed by atoms with Gasteiger partial charge in [0.1, 0.15) is 0 Å². The maximum Gasteiger partial charge on any atom is 0.256 e. The Bertz CT molecular complexity index is 508. The Hall–Kier alpha value is -1.90. The van der Waals surface area contributed by atoms with Gasteiger partial charge in [0.05, 0.1) is 5.92 Å². The Kier molecular flexibility index (Phi) is 1.78. The molecular formula is C13H11NO2. The summed E-state index contributed by atoms with van der Waals surface area (Å²) in [5.41, 5.74) is 1.78. The van der Waals surface area contributed by atoms with E-state index in [4.69, 9.17) is 0 Å². The fourth-order valence-corrected chi connectivity index (χ4v) is 2.55. The topological polar surface area (TPSA) is 37.4 Å². The number of imide groups is 1. The van der Waals surface area contributed by atoms with E-state index in [2.05, 4.69) is 0 Å². The smallest absolute Gasteiger partial charge is 0.256 e. The third kappa shape index (κ3) is 1.03. The molecule has 0 saturated carbocycles. The first-order valence-electron chi connectivity index (χ1n) is 5.28. The predicted molar refractivity (Wildman–Crippen MR) is 59.2 cm³/mol. The van der Waals surface area contributed by atoms with Crippen molar-refractivity contribution in [1.82, 2.24) is 4.90 Å². The van der Waals surface area contributed by atoms with Gasteiger partial charge in [0.15, 0.2) is 0 Å². The molecule has 1 fully saturated rings. The third-order valence-electron chi connectivity index (χ3n) is 3.39. The van der Waals surface area contributed by atoms with Gasteiger partial charge < -0.3 is 0 Å². The zero-order valence-corrected chi connectivity index (χ0v) is 8.88. The van der Waals surface area contributed by atoms with Crippen molar-refractivity contribution in [1.29, 1.82) is 0 Å². The van der Waals surface area contributed by atoms with Gasteiger partial charge in [-0.1, -0.05) is 36.5 Å². The molecule has 1 heterocycles. The standard InChI is InChI=1S/C13H11NO2/c1-14-12(15)9-6-2-4-8-5-3-7-10(11(8)9)13(14)16/h2-7,9,11H,1H3. The van der Waals surface area contributed by atoms with Crippen molar-refractivity contribution in [3.63, 3.8) is 0 Å². The first-order chi connectivity index (χ1) is 7.70. The number of rotatable bonds is 0. The average molecular weight is 213 g/mol. The van der Waals surface area contributed by atoms with Gasteiger partial charge >= 0.3 is 0 Å². The summed E-state index contributed by atoms with van der Waals surface area (Å²) in [6.45, 7) is 0. The van der Waals surface area contributed by atoms with Gasteiger partial charge in [0.2, 0.25) is 5.91 Å². The van der Waals surface area contributed by atoms with Crippen LogP contribution in [0.4, 0.5) is 0 Å². The van der Waals surface area contributed by atoms with E-state index in [0.29, 0.717) is 0 Å². The summed E-state index contributed by atoms with van der Waals surface area (Å²) in [6, 6.07) is 0. The van der Waals surface area contributed by atoms with Crippen LogP contribution in [-0.2, 0) is 9.59 Å². The van der Waals surface area contributed by atoms with E-state index < -0.39 is 0 Å². The van der Waals surface area contributed by atoms with Crippen LogP contribution in [0.5, 0.6) is 0 Å². The molecule has 80 valence electrons. The van der Waals surface area contributed by atoms with Gasteiger partial charge in [0.25, 0.3) is 5.91 Å². The summed E-state index contributed by atoms with van der Waals surface area (Å²) in [7, 11) is 1.55. The summed E-state index contributed by atoms with van der Waals surface area (Å²) in [6.07, 6.45) is 11.4. The predicted octanol–water partition coefficient (Wildman–Crippen LogP) is 1.21. The number of carbonyl (C=O) groups excluding carboxylic acids is 2. The molecule has 16 heavy (non-hydrogen) atoms. The van der Waals surface area contributed by atoms with Crippen LogP contribution < -0.4 is 0 Å². The minimum absolute atomic E-state index is 0.0637. The molecule has 0 aromatic heterocycles. The SMILES string of the molecule is CN1C(=O)C2=CC=CC3=CC=CC(C1=O)C32. The maximum absolute atomic E-state index is 12.0. The first-order valence-corrected chi connectivity index (χ1v) is 5.28. The molecule has 2 amide bonds. The third-order valence-corrected chi connectivity index (χ3v) is 3.39. The molecule has 3 heteroatoms. The lowest BCUT2D eigenvalue weighted by molar-refractivity contribution is -0.146. The van der Waals surface area contributed by atoms with Crippen LogP contribution >= 0.6 is 0 Å². The molecule has 0 radical (unpaired) electrons. The molecule has 2 unspecified atom stereocenters. The van der Waals surface area contributed by atoms with Crippen molar-refractivity contribution >= 4 is 11.8 Å². The zero-order chi connectivity index (χ0) is 11.3. The summed E-state index contributed by atoms with van der Waals surface area (Å²) in [5.74, 6) is -0.550. The fourth-order valence-electron chi connectivity index (χ4n) is 2.55. The number of hydrogen-bond donors (Lipinski definition) is 0. The van der Waals surface area contributed by atoms with Gasteiger partial charge in [0, 0.05) is 18.5 Å². The van der Waals surface area contributed by atoms with Crippen molar-refractivity contribution in [2.24, 2.45) is 11.8 Å². The highest BCUT2D eigenvalue weighted by atomic mass is 16.2. The van der Waals surface area contributed by atoms with Crippen LogP contribution in [0, 0.1) is 11.8 Å². The maximum atomic E-state index is 12.0. The number of carbonyl (C=O) groups is 2. The van der Waals surface area contributed by atoms with Crippen molar-refractivity contribution in [3.05, 3.63) is 47.6 Å². The summed E-state index contributed by atoms with van der Waals surface area (Å²) >= 11 is 0. The van der Waals surface area contributed by atoms with Crippen LogP contribution in [0.25, 0.3) is 0 Å². The largest absolute Gasteiger partial charge is 0.281 e. The minimum atomic E-state index is -0.209. The monoisotopic (exact) mass is 213 g/mol.